The highest BCUT2D eigenvalue weighted by molar-refractivity contribution is 5.94. The minimum atomic E-state index is 0.914. The average molecular weight is 244 g/mol. The number of aliphatic imine (C=N–C) groups is 2. The van der Waals surface area contributed by atoms with E-state index in [4.69, 9.17) is 0 Å². The van der Waals surface area contributed by atoms with Crippen LogP contribution in [-0.4, -0.2) is 25.5 Å². The van der Waals surface area contributed by atoms with Crippen molar-refractivity contribution in [1.29, 1.82) is 0 Å². The number of unbranched alkanes of at least 4 members (excludes halogenated alkanes) is 2. The van der Waals surface area contributed by atoms with Crippen molar-refractivity contribution in [3.05, 3.63) is 35.4 Å². The molecule has 0 radical (unpaired) electrons. The molecule has 1 aromatic rings. The van der Waals surface area contributed by atoms with E-state index in [9.17, 15) is 0 Å². The molecule has 1 rings (SSSR count). The largest absolute Gasteiger partial charge is 0.293 e. The maximum absolute atomic E-state index is 4.45. The minimum Gasteiger partial charge on any atom is -0.293 e. The summed E-state index contributed by atoms with van der Waals surface area (Å²) < 4.78 is 0. The topological polar surface area (TPSA) is 24.7 Å². The Labute approximate surface area is 111 Å². The third-order valence-electron chi connectivity index (χ3n) is 2.74. The summed E-state index contributed by atoms with van der Waals surface area (Å²) >= 11 is 0. The number of nitrogens with zero attached hydrogens (tertiary/aromatic N) is 2. The average Bonchev–Trinajstić information content (AvgIpc) is 2.41. The molecule has 0 aliphatic heterocycles. The lowest BCUT2D eigenvalue weighted by atomic mass is 10.1. The van der Waals surface area contributed by atoms with Crippen molar-refractivity contribution in [2.75, 3.05) is 13.1 Å². The van der Waals surface area contributed by atoms with Crippen LogP contribution in [0.2, 0.25) is 0 Å². The molecular weight excluding hydrogens is 220 g/mol. The molecule has 0 N–H and O–H groups in total. The van der Waals surface area contributed by atoms with E-state index < -0.39 is 0 Å². The Bertz CT molecular complexity index is 343. The summed E-state index contributed by atoms with van der Waals surface area (Å²) in [6, 6.07) is 8.28. The van der Waals surface area contributed by atoms with Crippen molar-refractivity contribution in [2.24, 2.45) is 9.98 Å². The summed E-state index contributed by atoms with van der Waals surface area (Å²) in [4.78, 5) is 8.90. The van der Waals surface area contributed by atoms with Gasteiger partial charge in [0.05, 0.1) is 0 Å². The van der Waals surface area contributed by atoms with Crippen LogP contribution < -0.4 is 0 Å². The number of hydrogen-bond donors (Lipinski definition) is 0. The van der Waals surface area contributed by atoms with Crippen LogP contribution in [0.1, 0.15) is 50.7 Å². The first kappa shape index (κ1) is 14.6. The van der Waals surface area contributed by atoms with Gasteiger partial charge in [0.1, 0.15) is 0 Å². The van der Waals surface area contributed by atoms with E-state index in [1.807, 2.05) is 24.6 Å². The van der Waals surface area contributed by atoms with Gasteiger partial charge >= 0.3 is 0 Å². The maximum Gasteiger partial charge on any atom is 0.0389 e. The van der Waals surface area contributed by atoms with Gasteiger partial charge in [-0.1, -0.05) is 51.0 Å². The molecule has 18 heavy (non-hydrogen) atoms. The zero-order valence-electron chi connectivity index (χ0n) is 11.6. The van der Waals surface area contributed by atoms with Gasteiger partial charge in [-0.15, -0.1) is 0 Å². The van der Waals surface area contributed by atoms with Crippen LogP contribution in [-0.2, 0) is 0 Å². The Morgan fingerprint density at radius 2 is 1.28 bits per heavy atom. The van der Waals surface area contributed by atoms with Gasteiger partial charge in [0.25, 0.3) is 0 Å². The van der Waals surface area contributed by atoms with Gasteiger partial charge in [0, 0.05) is 36.6 Å². The molecule has 0 saturated heterocycles. The molecule has 98 valence electrons. The summed E-state index contributed by atoms with van der Waals surface area (Å²) in [7, 11) is 0. The lowest BCUT2D eigenvalue weighted by Crippen LogP contribution is -1.93. The fourth-order valence-electron chi connectivity index (χ4n) is 1.57. The highest BCUT2D eigenvalue weighted by Crippen LogP contribution is 2.04. The van der Waals surface area contributed by atoms with Gasteiger partial charge in [0.2, 0.25) is 0 Å². The van der Waals surface area contributed by atoms with Crippen LogP contribution in [0, 0.1) is 0 Å². The second kappa shape index (κ2) is 9.58. The molecule has 1 aromatic carbocycles. The lowest BCUT2D eigenvalue weighted by Gasteiger charge is -1.99. The highest BCUT2D eigenvalue weighted by atomic mass is 14.7. The smallest absolute Gasteiger partial charge is 0.0389 e. The van der Waals surface area contributed by atoms with Crippen molar-refractivity contribution >= 4 is 12.4 Å². The molecular formula is C16H24N2. The first-order chi connectivity index (χ1) is 8.88. The zero-order chi connectivity index (χ0) is 13.1. The van der Waals surface area contributed by atoms with Crippen LogP contribution in [0.3, 0.4) is 0 Å². The third-order valence-corrected chi connectivity index (χ3v) is 2.74. The van der Waals surface area contributed by atoms with Crippen molar-refractivity contribution in [2.45, 2.75) is 39.5 Å². The molecule has 2 heteroatoms. The first-order valence-corrected chi connectivity index (χ1v) is 6.97. The van der Waals surface area contributed by atoms with Crippen molar-refractivity contribution in [3.8, 4) is 0 Å². The highest BCUT2D eigenvalue weighted by Gasteiger charge is 1.95. The van der Waals surface area contributed by atoms with Crippen LogP contribution in [0.15, 0.2) is 34.3 Å². The molecule has 0 amide bonds. The van der Waals surface area contributed by atoms with E-state index in [2.05, 4.69) is 36.0 Å². The fraction of sp³-hybridized carbons (Fsp3) is 0.500. The SMILES string of the molecule is CCCCN=Cc1ccccc1C=NCCCC. The zero-order valence-corrected chi connectivity index (χ0v) is 11.6. The van der Waals surface area contributed by atoms with Gasteiger partial charge in [-0.3, -0.25) is 9.98 Å². The summed E-state index contributed by atoms with van der Waals surface area (Å²) in [6.07, 6.45) is 8.63. The number of benzene rings is 1. The van der Waals surface area contributed by atoms with Crippen molar-refractivity contribution < 1.29 is 0 Å². The first-order valence-electron chi connectivity index (χ1n) is 6.97. The second-order valence-electron chi connectivity index (χ2n) is 4.41. The predicted molar refractivity (Wildman–Crippen MR) is 81.2 cm³/mol. The van der Waals surface area contributed by atoms with Crippen LogP contribution in [0.4, 0.5) is 0 Å². The number of rotatable bonds is 8. The van der Waals surface area contributed by atoms with E-state index >= 15 is 0 Å². The summed E-state index contributed by atoms with van der Waals surface area (Å²) in [5, 5.41) is 0. The minimum absolute atomic E-state index is 0.914. The molecule has 0 spiro atoms. The van der Waals surface area contributed by atoms with E-state index in [1.165, 1.54) is 12.8 Å². The van der Waals surface area contributed by atoms with E-state index in [0.717, 1.165) is 37.1 Å². The normalized spacial score (nSPS) is 11.7. The van der Waals surface area contributed by atoms with Crippen molar-refractivity contribution in [1.82, 2.24) is 0 Å². The Morgan fingerprint density at radius 3 is 1.67 bits per heavy atom. The fourth-order valence-corrected chi connectivity index (χ4v) is 1.57. The van der Waals surface area contributed by atoms with E-state index in [-0.39, 0.29) is 0 Å². The molecule has 0 aromatic heterocycles. The van der Waals surface area contributed by atoms with Crippen LogP contribution in [0.5, 0.6) is 0 Å². The second-order valence-corrected chi connectivity index (χ2v) is 4.41. The number of hydrogen-bond acceptors (Lipinski definition) is 2. The molecule has 0 aliphatic carbocycles. The Balaban J connectivity index is 2.61. The lowest BCUT2D eigenvalue weighted by molar-refractivity contribution is 0.809. The van der Waals surface area contributed by atoms with Crippen molar-refractivity contribution in [3.63, 3.8) is 0 Å². The van der Waals surface area contributed by atoms with Crippen LogP contribution >= 0.6 is 0 Å². The van der Waals surface area contributed by atoms with Gasteiger partial charge in [-0.25, -0.2) is 0 Å². The maximum atomic E-state index is 4.45. The van der Waals surface area contributed by atoms with Gasteiger partial charge in [-0.05, 0) is 12.8 Å². The Hall–Kier alpha value is -1.44. The van der Waals surface area contributed by atoms with Gasteiger partial charge in [-0.2, -0.15) is 0 Å². The standard InChI is InChI=1S/C16H24N2/c1-3-5-11-17-13-15-9-7-8-10-16(15)14-18-12-6-4-2/h7-10,13-14H,3-6,11-12H2,1-2H3. The van der Waals surface area contributed by atoms with E-state index in [1.54, 1.807) is 0 Å². The quantitative estimate of drug-likeness (QED) is 0.485. The molecule has 0 bridgehead atoms. The monoisotopic (exact) mass is 244 g/mol. The summed E-state index contributed by atoms with van der Waals surface area (Å²) in [5.41, 5.74) is 2.32. The molecule has 2 nitrogen and oxygen atoms in total. The summed E-state index contributed by atoms with van der Waals surface area (Å²) in [5.74, 6) is 0. The van der Waals surface area contributed by atoms with Crippen LogP contribution in [0.25, 0.3) is 0 Å². The Morgan fingerprint density at radius 1 is 0.833 bits per heavy atom. The molecule has 0 aliphatic rings. The van der Waals surface area contributed by atoms with E-state index in [0.29, 0.717) is 0 Å². The molecule has 0 saturated carbocycles. The molecule has 0 heterocycles. The summed E-state index contributed by atoms with van der Waals surface area (Å²) in [6.45, 7) is 6.20. The Kier molecular flexibility index (Phi) is 7.78. The van der Waals surface area contributed by atoms with Gasteiger partial charge < -0.3 is 0 Å². The molecule has 0 unspecified atom stereocenters. The predicted octanol–water partition coefficient (Wildman–Crippen LogP) is 4.12. The third kappa shape index (κ3) is 5.76. The molecule has 0 atom stereocenters. The van der Waals surface area contributed by atoms with Gasteiger partial charge in [0.15, 0.2) is 0 Å². The molecule has 0 fully saturated rings.